The molecule has 0 atom stereocenters. The molecule has 0 aliphatic heterocycles. The van der Waals surface area contributed by atoms with Crippen molar-refractivity contribution in [2.75, 3.05) is 6.26 Å². The number of aromatic nitrogens is 3. The Balaban J connectivity index is 1.72. The van der Waals surface area contributed by atoms with Crippen molar-refractivity contribution in [3.05, 3.63) is 84.4 Å². The summed E-state index contributed by atoms with van der Waals surface area (Å²) in [7, 11) is -2.19. The van der Waals surface area contributed by atoms with Gasteiger partial charge in [0.25, 0.3) is 0 Å². The summed E-state index contributed by atoms with van der Waals surface area (Å²) in [5.41, 5.74) is 1.10. The highest BCUT2D eigenvalue weighted by Gasteiger charge is 2.35. The van der Waals surface area contributed by atoms with Crippen LogP contribution in [0, 0.1) is 6.92 Å². The predicted octanol–water partition coefficient (Wildman–Crippen LogP) is 7.71. The van der Waals surface area contributed by atoms with Gasteiger partial charge in [0.1, 0.15) is 11.4 Å². The molecule has 14 heteroatoms. The van der Waals surface area contributed by atoms with Gasteiger partial charge in [-0.3, -0.25) is 4.68 Å². The van der Waals surface area contributed by atoms with Crippen LogP contribution in [0.4, 0.5) is 26.3 Å². The molecular weight excluding hydrogens is 600 g/mol. The van der Waals surface area contributed by atoms with Gasteiger partial charge in [-0.25, -0.2) is 13.4 Å². The lowest BCUT2D eigenvalue weighted by molar-refractivity contribution is -0.274. The number of alkyl halides is 6. The van der Waals surface area contributed by atoms with Crippen LogP contribution in [0.15, 0.2) is 82.1 Å². The zero-order valence-corrected chi connectivity index (χ0v) is 23.4. The van der Waals surface area contributed by atoms with E-state index in [0.717, 1.165) is 29.1 Å². The van der Waals surface area contributed by atoms with E-state index in [2.05, 4.69) is 14.8 Å². The van der Waals surface area contributed by atoms with Crippen LogP contribution in [0.1, 0.15) is 11.6 Å². The van der Waals surface area contributed by atoms with Crippen LogP contribution in [0.3, 0.4) is 0 Å². The number of nitrogens with zero attached hydrogens (tertiary/aromatic N) is 3. The average molecular weight is 622 g/mol. The van der Waals surface area contributed by atoms with Crippen molar-refractivity contribution in [1.29, 1.82) is 0 Å². The van der Waals surface area contributed by atoms with Crippen molar-refractivity contribution in [3.63, 3.8) is 0 Å². The number of sulfone groups is 1. The molecule has 0 fully saturated rings. The van der Waals surface area contributed by atoms with Gasteiger partial charge in [-0.2, -0.15) is 18.3 Å². The maximum absolute atomic E-state index is 13.5. The molecule has 0 unspecified atom stereocenters. The maximum atomic E-state index is 13.5. The second-order valence-corrected chi connectivity index (χ2v) is 11.6. The van der Waals surface area contributed by atoms with Crippen LogP contribution in [-0.4, -0.2) is 35.8 Å². The van der Waals surface area contributed by atoms with E-state index in [0.29, 0.717) is 16.7 Å². The number of benzene rings is 3. The molecule has 0 bridgehead atoms. The van der Waals surface area contributed by atoms with Gasteiger partial charge in [-0.05, 0) is 59.7 Å². The fraction of sp³-hybridized carbons (Fsp3) is 0.172. The summed E-state index contributed by atoms with van der Waals surface area (Å²) < 4.78 is 114. The van der Waals surface area contributed by atoms with Gasteiger partial charge in [-0.1, -0.05) is 24.3 Å². The standard InChI is InChI=1S/C29H21F6N3O4S/c1-16-36-26(17-7-10-20(11-8-17)42-29(33,34)35)27(41-16)23-14-19(18-5-4-6-21(13-18)43(3,39)40)9-12-22(23)24-15-25(28(30,31)32)37-38(24)2/h4-15H,1-3H3. The van der Waals surface area contributed by atoms with Crippen molar-refractivity contribution < 1.29 is 43.9 Å². The van der Waals surface area contributed by atoms with Crippen molar-refractivity contribution in [3.8, 4) is 50.7 Å². The molecule has 2 heterocycles. The van der Waals surface area contributed by atoms with Crippen molar-refractivity contribution >= 4 is 9.84 Å². The first-order valence-electron chi connectivity index (χ1n) is 12.4. The van der Waals surface area contributed by atoms with Crippen molar-refractivity contribution in [2.45, 2.75) is 24.4 Å². The molecule has 0 saturated carbocycles. The van der Waals surface area contributed by atoms with Crippen LogP contribution in [0.5, 0.6) is 5.75 Å². The lowest BCUT2D eigenvalue weighted by Crippen LogP contribution is -2.16. The van der Waals surface area contributed by atoms with Gasteiger partial charge >= 0.3 is 12.5 Å². The number of rotatable bonds is 6. The molecule has 7 nitrogen and oxygen atoms in total. The van der Waals surface area contributed by atoms with E-state index in [-0.39, 0.29) is 39.1 Å². The molecule has 224 valence electrons. The van der Waals surface area contributed by atoms with Gasteiger partial charge in [0.05, 0.1) is 10.6 Å². The molecule has 2 aromatic heterocycles. The SMILES string of the molecule is Cc1nc(-c2ccc(OC(F)(F)F)cc2)c(-c2cc(-c3cccc(S(C)(=O)=O)c3)ccc2-c2cc(C(F)(F)F)nn2C)o1. The van der Waals surface area contributed by atoms with Crippen molar-refractivity contribution in [1.82, 2.24) is 14.8 Å². The number of hydrogen-bond acceptors (Lipinski definition) is 6. The molecular formula is C29H21F6N3O4S. The minimum Gasteiger partial charge on any atom is -0.440 e. The van der Waals surface area contributed by atoms with Crippen LogP contribution in [-0.2, 0) is 23.1 Å². The van der Waals surface area contributed by atoms with E-state index in [1.807, 2.05) is 0 Å². The third-order valence-electron chi connectivity index (χ3n) is 6.40. The number of aryl methyl sites for hydroxylation is 2. The zero-order chi connectivity index (χ0) is 31.3. The van der Waals surface area contributed by atoms with Crippen LogP contribution >= 0.6 is 0 Å². The highest BCUT2D eigenvalue weighted by molar-refractivity contribution is 7.90. The summed E-state index contributed by atoms with van der Waals surface area (Å²) in [6, 6.07) is 16.7. The fourth-order valence-electron chi connectivity index (χ4n) is 4.52. The molecule has 5 rings (SSSR count). The van der Waals surface area contributed by atoms with E-state index < -0.39 is 33.8 Å². The summed E-state index contributed by atoms with van der Waals surface area (Å²) in [5.74, 6) is -0.161. The first-order valence-corrected chi connectivity index (χ1v) is 14.3. The Morgan fingerprint density at radius 3 is 2.09 bits per heavy atom. The largest absolute Gasteiger partial charge is 0.573 e. The number of ether oxygens (including phenoxy) is 1. The summed E-state index contributed by atoms with van der Waals surface area (Å²) in [6.07, 6.45) is -8.54. The molecule has 5 aromatic rings. The van der Waals surface area contributed by atoms with Crippen LogP contribution < -0.4 is 4.74 Å². The van der Waals surface area contributed by atoms with Crippen molar-refractivity contribution in [2.24, 2.45) is 7.05 Å². The summed E-state index contributed by atoms with van der Waals surface area (Å²) in [4.78, 5) is 4.46. The quantitative estimate of drug-likeness (QED) is 0.181. The Labute approximate surface area is 241 Å². The Kier molecular flexibility index (Phi) is 7.37. The lowest BCUT2D eigenvalue weighted by atomic mass is 9.94. The Morgan fingerprint density at radius 1 is 0.837 bits per heavy atom. The second-order valence-electron chi connectivity index (χ2n) is 9.58. The summed E-state index contributed by atoms with van der Waals surface area (Å²) in [6.45, 7) is 1.54. The van der Waals surface area contributed by atoms with Crippen LogP contribution in [0.2, 0.25) is 0 Å². The molecule has 0 spiro atoms. The number of hydrogen-bond donors (Lipinski definition) is 0. The predicted molar refractivity (Wildman–Crippen MR) is 145 cm³/mol. The zero-order valence-electron chi connectivity index (χ0n) is 22.6. The normalized spacial score (nSPS) is 12.5. The van der Waals surface area contributed by atoms with Gasteiger partial charge in [0.15, 0.2) is 27.2 Å². The van der Waals surface area contributed by atoms with E-state index in [1.165, 1.54) is 31.3 Å². The monoisotopic (exact) mass is 621 g/mol. The first-order chi connectivity index (χ1) is 20.0. The fourth-order valence-corrected chi connectivity index (χ4v) is 5.19. The van der Waals surface area contributed by atoms with E-state index >= 15 is 0 Å². The molecule has 43 heavy (non-hydrogen) atoms. The van der Waals surface area contributed by atoms with Gasteiger partial charge in [0, 0.05) is 36.9 Å². The smallest absolute Gasteiger partial charge is 0.440 e. The third kappa shape index (κ3) is 6.43. The van der Waals surface area contributed by atoms with E-state index in [1.54, 1.807) is 37.3 Å². The summed E-state index contributed by atoms with van der Waals surface area (Å²) >= 11 is 0. The average Bonchev–Trinajstić information content (AvgIpc) is 3.50. The van der Waals surface area contributed by atoms with E-state index in [9.17, 15) is 34.8 Å². The van der Waals surface area contributed by atoms with Gasteiger partial charge in [-0.15, -0.1) is 13.2 Å². The topological polar surface area (TPSA) is 87.2 Å². The Hall–Kier alpha value is -4.59. The molecule has 0 radical (unpaired) electrons. The minimum atomic E-state index is -4.89. The van der Waals surface area contributed by atoms with Gasteiger partial charge in [0.2, 0.25) is 0 Å². The maximum Gasteiger partial charge on any atom is 0.573 e. The van der Waals surface area contributed by atoms with Gasteiger partial charge < -0.3 is 9.15 Å². The molecule has 0 aliphatic rings. The van der Waals surface area contributed by atoms with Crippen LogP contribution in [0.25, 0.3) is 45.0 Å². The molecule has 0 N–H and O–H groups in total. The van der Waals surface area contributed by atoms with E-state index in [4.69, 9.17) is 4.42 Å². The molecule has 0 saturated heterocycles. The Bertz CT molecular complexity index is 1930. The number of oxazole rings is 1. The molecule has 0 aliphatic carbocycles. The molecule has 3 aromatic carbocycles. The first kappa shape index (κ1) is 29.9. The third-order valence-corrected chi connectivity index (χ3v) is 7.51. The minimum absolute atomic E-state index is 0.0643. The highest BCUT2D eigenvalue weighted by Crippen LogP contribution is 2.42. The lowest BCUT2D eigenvalue weighted by Gasteiger charge is -2.13. The second kappa shape index (κ2) is 10.6. The highest BCUT2D eigenvalue weighted by atomic mass is 32.2. The number of halogens is 6. The Morgan fingerprint density at radius 2 is 1.49 bits per heavy atom. The summed E-state index contributed by atoms with van der Waals surface area (Å²) in [5, 5.41) is 3.61. The molecule has 0 amide bonds.